The van der Waals surface area contributed by atoms with Gasteiger partial charge in [-0.1, -0.05) is 0 Å². The van der Waals surface area contributed by atoms with E-state index in [1.165, 1.54) is 0 Å². The number of amides is 1. The number of aromatic nitrogens is 1. The van der Waals surface area contributed by atoms with Gasteiger partial charge in [-0.05, 0) is 27.2 Å². The molecular formula is C11H19N3OS. The van der Waals surface area contributed by atoms with Crippen LogP contribution in [0.1, 0.15) is 37.9 Å². The number of hydrogen-bond acceptors (Lipinski definition) is 4. The Bertz CT molecular complexity index is 354. The number of rotatable bonds is 4. The number of hydrogen-bond donors (Lipinski definition) is 2. The third kappa shape index (κ3) is 4.72. The number of thiazole rings is 1. The van der Waals surface area contributed by atoms with E-state index in [2.05, 4.69) is 10.3 Å². The van der Waals surface area contributed by atoms with Crippen molar-refractivity contribution in [1.29, 1.82) is 0 Å². The molecule has 0 unspecified atom stereocenters. The summed E-state index contributed by atoms with van der Waals surface area (Å²) < 4.78 is 0. The summed E-state index contributed by atoms with van der Waals surface area (Å²) in [6.45, 7) is 6.39. The molecule has 0 saturated heterocycles. The summed E-state index contributed by atoms with van der Waals surface area (Å²) in [5, 5.41) is 5.81. The predicted octanol–water partition coefficient (Wildman–Crippen LogP) is 1.45. The van der Waals surface area contributed by atoms with Gasteiger partial charge < -0.3 is 11.1 Å². The molecular weight excluding hydrogens is 222 g/mol. The summed E-state index contributed by atoms with van der Waals surface area (Å²) in [5.41, 5.74) is 6.26. The number of aryl methyl sites for hydroxylation is 1. The van der Waals surface area contributed by atoms with Crippen LogP contribution in [0.5, 0.6) is 0 Å². The smallest absolute Gasteiger partial charge is 0.220 e. The van der Waals surface area contributed by atoms with E-state index < -0.39 is 0 Å². The Balaban J connectivity index is 2.37. The standard InChI is InChI=1S/C11H19N3OS/c1-11(2,3)14-9(15)5-4-8-7-16-10(6-12)13-8/h7H,4-6,12H2,1-3H3,(H,14,15). The number of nitrogens with one attached hydrogen (secondary N) is 1. The third-order valence-corrected chi connectivity index (χ3v) is 2.82. The lowest BCUT2D eigenvalue weighted by atomic mass is 10.1. The maximum Gasteiger partial charge on any atom is 0.220 e. The average molecular weight is 241 g/mol. The molecule has 0 aliphatic rings. The van der Waals surface area contributed by atoms with E-state index in [0.717, 1.165) is 10.7 Å². The quantitative estimate of drug-likeness (QED) is 0.838. The SMILES string of the molecule is CC(C)(C)NC(=O)CCc1csc(CN)n1. The molecule has 1 rings (SSSR count). The molecule has 0 radical (unpaired) electrons. The van der Waals surface area contributed by atoms with Gasteiger partial charge >= 0.3 is 0 Å². The fourth-order valence-corrected chi connectivity index (χ4v) is 1.99. The number of nitrogens with zero attached hydrogens (tertiary/aromatic N) is 1. The fraction of sp³-hybridized carbons (Fsp3) is 0.636. The summed E-state index contributed by atoms with van der Waals surface area (Å²) in [4.78, 5) is 15.9. The first-order valence-corrected chi connectivity index (χ1v) is 6.23. The van der Waals surface area contributed by atoms with Crippen LogP contribution in [0.3, 0.4) is 0 Å². The molecule has 0 saturated carbocycles. The van der Waals surface area contributed by atoms with E-state index in [0.29, 0.717) is 19.4 Å². The van der Waals surface area contributed by atoms with Gasteiger partial charge in [0.15, 0.2) is 0 Å². The van der Waals surface area contributed by atoms with Gasteiger partial charge in [0.25, 0.3) is 0 Å². The van der Waals surface area contributed by atoms with Crippen molar-refractivity contribution in [2.24, 2.45) is 5.73 Å². The van der Waals surface area contributed by atoms with Gasteiger partial charge in [-0.3, -0.25) is 4.79 Å². The minimum Gasteiger partial charge on any atom is -0.351 e. The van der Waals surface area contributed by atoms with Crippen molar-refractivity contribution >= 4 is 17.2 Å². The Hall–Kier alpha value is -0.940. The molecule has 1 amide bonds. The Morgan fingerprint density at radius 2 is 2.25 bits per heavy atom. The van der Waals surface area contributed by atoms with Gasteiger partial charge in [-0.2, -0.15) is 0 Å². The molecule has 0 fully saturated rings. The van der Waals surface area contributed by atoms with Gasteiger partial charge in [-0.15, -0.1) is 11.3 Å². The van der Waals surface area contributed by atoms with Crippen LogP contribution >= 0.6 is 11.3 Å². The highest BCUT2D eigenvalue weighted by Gasteiger charge is 2.13. The van der Waals surface area contributed by atoms with E-state index >= 15 is 0 Å². The molecule has 0 aliphatic heterocycles. The zero-order valence-corrected chi connectivity index (χ0v) is 10.9. The summed E-state index contributed by atoms with van der Waals surface area (Å²) in [5.74, 6) is 0.0646. The largest absolute Gasteiger partial charge is 0.351 e. The van der Waals surface area contributed by atoms with E-state index in [-0.39, 0.29) is 11.4 Å². The van der Waals surface area contributed by atoms with E-state index in [1.807, 2.05) is 26.2 Å². The Kier molecular flexibility index (Phi) is 4.44. The van der Waals surface area contributed by atoms with Gasteiger partial charge in [0, 0.05) is 23.9 Å². The van der Waals surface area contributed by atoms with Crippen LogP contribution in [-0.2, 0) is 17.8 Å². The zero-order valence-electron chi connectivity index (χ0n) is 10.0. The lowest BCUT2D eigenvalue weighted by Crippen LogP contribution is -2.40. The minimum atomic E-state index is -0.165. The molecule has 0 aliphatic carbocycles. The first-order chi connectivity index (χ1) is 7.40. The summed E-state index contributed by atoms with van der Waals surface area (Å²) in [6.07, 6.45) is 1.16. The molecule has 5 heteroatoms. The van der Waals surface area contributed by atoms with Crippen LogP contribution in [0.2, 0.25) is 0 Å². The zero-order chi connectivity index (χ0) is 12.2. The average Bonchev–Trinajstić information content (AvgIpc) is 2.59. The van der Waals surface area contributed by atoms with E-state index in [4.69, 9.17) is 5.73 Å². The lowest BCUT2D eigenvalue weighted by Gasteiger charge is -2.20. The van der Waals surface area contributed by atoms with Crippen molar-refractivity contribution in [3.8, 4) is 0 Å². The second-order valence-corrected chi connectivity index (χ2v) is 5.68. The molecule has 1 aromatic rings. The van der Waals surface area contributed by atoms with Crippen molar-refractivity contribution < 1.29 is 4.79 Å². The molecule has 0 aromatic carbocycles. The van der Waals surface area contributed by atoms with Gasteiger partial charge in [0.05, 0.1) is 5.69 Å². The number of carbonyl (C=O) groups excluding carboxylic acids is 1. The molecule has 3 N–H and O–H groups in total. The fourth-order valence-electron chi connectivity index (χ4n) is 1.28. The van der Waals surface area contributed by atoms with Crippen LogP contribution in [0.4, 0.5) is 0 Å². The molecule has 4 nitrogen and oxygen atoms in total. The Labute approximate surface area is 100 Å². The maximum atomic E-state index is 11.5. The van der Waals surface area contributed by atoms with Gasteiger partial charge in [0.1, 0.15) is 5.01 Å². The highest BCUT2D eigenvalue weighted by atomic mass is 32.1. The molecule has 0 atom stereocenters. The Morgan fingerprint density at radius 1 is 1.56 bits per heavy atom. The van der Waals surface area contributed by atoms with Crippen LogP contribution < -0.4 is 11.1 Å². The van der Waals surface area contributed by atoms with Crippen LogP contribution in [0.25, 0.3) is 0 Å². The third-order valence-electron chi connectivity index (χ3n) is 1.90. The summed E-state index contributed by atoms with van der Waals surface area (Å²) in [6, 6.07) is 0. The molecule has 90 valence electrons. The monoisotopic (exact) mass is 241 g/mol. The Morgan fingerprint density at radius 3 is 2.75 bits per heavy atom. The topological polar surface area (TPSA) is 68.0 Å². The molecule has 1 heterocycles. The number of carbonyl (C=O) groups is 1. The predicted molar refractivity (Wildman–Crippen MR) is 66.2 cm³/mol. The van der Waals surface area contributed by atoms with Crippen molar-refractivity contribution in [2.45, 2.75) is 45.7 Å². The van der Waals surface area contributed by atoms with Crippen molar-refractivity contribution in [2.75, 3.05) is 0 Å². The van der Waals surface area contributed by atoms with Crippen molar-refractivity contribution in [3.63, 3.8) is 0 Å². The van der Waals surface area contributed by atoms with Crippen molar-refractivity contribution in [1.82, 2.24) is 10.3 Å². The molecule has 1 aromatic heterocycles. The molecule has 0 spiro atoms. The first kappa shape index (κ1) is 13.1. The van der Waals surface area contributed by atoms with Crippen LogP contribution in [0.15, 0.2) is 5.38 Å². The highest BCUT2D eigenvalue weighted by Crippen LogP contribution is 2.10. The lowest BCUT2D eigenvalue weighted by molar-refractivity contribution is -0.122. The van der Waals surface area contributed by atoms with Gasteiger partial charge in [-0.25, -0.2) is 4.98 Å². The number of nitrogens with two attached hydrogens (primary N) is 1. The second kappa shape index (κ2) is 5.41. The van der Waals surface area contributed by atoms with Gasteiger partial charge in [0.2, 0.25) is 5.91 Å². The normalized spacial score (nSPS) is 11.5. The van der Waals surface area contributed by atoms with Crippen LogP contribution in [0, 0.1) is 0 Å². The highest BCUT2D eigenvalue weighted by molar-refractivity contribution is 7.09. The summed E-state index contributed by atoms with van der Waals surface area (Å²) in [7, 11) is 0. The second-order valence-electron chi connectivity index (χ2n) is 4.73. The van der Waals surface area contributed by atoms with E-state index in [9.17, 15) is 4.79 Å². The maximum absolute atomic E-state index is 11.5. The van der Waals surface area contributed by atoms with Crippen LogP contribution in [-0.4, -0.2) is 16.4 Å². The summed E-state index contributed by atoms with van der Waals surface area (Å²) >= 11 is 1.55. The van der Waals surface area contributed by atoms with Crippen molar-refractivity contribution in [3.05, 3.63) is 16.1 Å². The first-order valence-electron chi connectivity index (χ1n) is 5.35. The molecule has 16 heavy (non-hydrogen) atoms. The van der Waals surface area contributed by atoms with E-state index in [1.54, 1.807) is 11.3 Å². The minimum absolute atomic E-state index is 0.0646. The molecule has 0 bridgehead atoms.